The van der Waals surface area contributed by atoms with E-state index in [0.717, 1.165) is 16.6 Å². The molecular formula is C17H21BrN2. The van der Waals surface area contributed by atoms with Crippen molar-refractivity contribution in [1.29, 1.82) is 0 Å². The molecule has 0 aliphatic rings. The fraction of sp³-hybridized carbons (Fsp3) is 0.294. The predicted molar refractivity (Wildman–Crippen MR) is 90.0 cm³/mol. The molecule has 2 N–H and O–H groups in total. The topological polar surface area (TPSA) is 29.3 Å². The number of benzene rings is 2. The summed E-state index contributed by atoms with van der Waals surface area (Å²) in [5.74, 6) is 0. The highest BCUT2D eigenvalue weighted by Gasteiger charge is 2.09. The van der Waals surface area contributed by atoms with Gasteiger partial charge in [0.2, 0.25) is 0 Å². The van der Waals surface area contributed by atoms with Gasteiger partial charge in [-0.15, -0.1) is 0 Å². The van der Waals surface area contributed by atoms with Gasteiger partial charge in [-0.25, -0.2) is 0 Å². The van der Waals surface area contributed by atoms with Gasteiger partial charge < -0.3 is 10.6 Å². The number of hydrogen-bond donors (Lipinski definition) is 1. The lowest BCUT2D eigenvalue weighted by Crippen LogP contribution is -2.17. The third-order valence-corrected chi connectivity index (χ3v) is 4.08. The van der Waals surface area contributed by atoms with Crippen LogP contribution in [0.2, 0.25) is 0 Å². The third-order valence-electron chi connectivity index (χ3n) is 3.45. The average Bonchev–Trinajstić information content (AvgIpc) is 2.41. The van der Waals surface area contributed by atoms with Crippen LogP contribution in [0.25, 0.3) is 0 Å². The van der Waals surface area contributed by atoms with E-state index in [9.17, 15) is 0 Å². The largest absolute Gasteiger partial charge is 0.369 e. The Morgan fingerprint density at radius 2 is 1.80 bits per heavy atom. The zero-order valence-electron chi connectivity index (χ0n) is 12.2. The smallest absolute Gasteiger partial charge is 0.0511 e. The lowest BCUT2D eigenvalue weighted by Gasteiger charge is -2.22. The number of hydrogen-bond acceptors (Lipinski definition) is 2. The third kappa shape index (κ3) is 3.62. The van der Waals surface area contributed by atoms with E-state index in [4.69, 9.17) is 5.73 Å². The maximum absolute atomic E-state index is 5.91. The molecule has 2 aromatic rings. The number of nitrogens with two attached hydrogens (primary N) is 1. The fourth-order valence-electron chi connectivity index (χ4n) is 2.17. The summed E-state index contributed by atoms with van der Waals surface area (Å²) >= 11 is 3.64. The summed E-state index contributed by atoms with van der Waals surface area (Å²) in [6, 6.07) is 15.0. The summed E-state index contributed by atoms with van der Waals surface area (Å²) in [7, 11) is 2.10. The molecule has 106 valence electrons. The SMILES string of the molecule is Cc1ccc(CN(C)c2ccc(C(C)N)cc2Br)cc1. The fourth-order valence-corrected chi connectivity index (χ4v) is 2.87. The normalized spacial score (nSPS) is 12.2. The number of nitrogens with zero attached hydrogens (tertiary/aromatic N) is 1. The summed E-state index contributed by atoms with van der Waals surface area (Å²) in [4.78, 5) is 2.24. The Labute approximate surface area is 129 Å². The molecule has 1 atom stereocenters. The van der Waals surface area contributed by atoms with Gasteiger partial charge in [0.15, 0.2) is 0 Å². The first kappa shape index (κ1) is 15.1. The molecule has 0 saturated carbocycles. The maximum Gasteiger partial charge on any atom is 0.0511 e. The van der Waals surface area contributed by atoms with Crippen LogP contribution in [0, 0.1) is 6.92 Å². The van der Waals surface area contributed by atoms with Crippen molar-refractivity contribution >= 4 is 21.6 Å². The second kappa shape index (κ2) is 6.42. The summed E-state index contributed by atoms with van der Waals surface area (Å²) in [5.41, 5.74) is 10.8. The Morgan fingerprint density at radius 3 is 2.35 bits per heavy atom. The molecule has 0 saturated heterocycles. The molecule has 0 aromatic heterocycles. The zero-order chi connectivity index (χ0) is 14.7. The molecule has 0 radical (unpaired) electrons. The van der Waals surface area contributed by atoms with Gasteiger partial charge in [-0.2, -0.15) is 0 Å². The van der Waals surface area contributed by atoms with Crippen LogP contribution in [-0.4, -0.2) is 7.05 Å². The molecule has 3 heteroatoms. The Kier molecular flexibility index (Phi) is 4.84. The Balaban J connectivity index is 2.16. The first-order chi connectivity index (χ1) is 9.47. The number of anilines is 1. The quantitative estimate of drug-likeness (QED) is 0.898. The average molecular weight is 333 g/mol. The van der Waals surface area contributed by atoms with Crippen molar-refractivity contribution in [2.24, 2.45) is 5.73 Å². The van der Waals surface area contributed by atoms with Gasteiger partial charge in [-0.1, -0.05) is 35.9 Å². The molecule has 2 nitrogen and oxygen atoms in total. The van der Waals surface area contributed by atoms with Gasteiger partial charge in [0.1, 0.15) is 0 Å². The van der Waals surface area contributed by atoms with Crippen molar-refractivity contribution in [2.75, 3.05) is 11.9 Å². The molecule has 0 fully saturated rings. The van der Waals surface area contributed by atoms with E-state index in [0.29, 0.717) is 0 Å². The van der Waals surface area contributed by atoms with Gasteiger partial charge in [-0.3, -0.25) is 0 Å². The monoisotopic (exact) mass is 332 g/mol. The van der Waals surface area contributed by atoms with Crippen LogP contribution < -0.4 is 10.6 Å². The summed E-state index contributed by atoms with van der Waals surface area (Å²) in [6.07, 6.45) is 0. The van der Waals surface area contributed by atoms with Crippen molar-refractivity contribution in [3.8, 4) is 0 Å². The van der Waals surface area contributed by atoms with Gasteiger partial charge in [0.05, 0.1) is 5.69 Å². The minimum atomic E-state index is 0.0581. The van der Waals surface area contributed by atoms with Crippen LogP contribution in [0.4, 0.5) is 5.69 Å². The highest BCUT2D eigenvalue weighted by molar-refractivity contribution is 9.10. The van der Waals surface area contributed by atoms with E-state index in [1.54, 1.807) is 0 Å². The van der Waals surface area contributed by atoms with Crippen LogP contribution >= 0.6 is 15.9 Å². The van der Waals surface area contributed by atoms with Crippen LogP contribution in [0.15, 0.2) is 46.9 Å². The molecule has 2 rings (SSSR count). The zero-order valence-corrected chi connectivity index (χ0v) is 13.8. The van der Waals surface area contributed by atoms with Gasteiger partial charge in [-0.05, 0) is 53.0 Å². The predicted octanol–water partition coefficient (Wildman–Crippen LogP) is 4.41. The molecule has 0 heterocycles. The Morgan fingerprint density at radius 1 is 1.15 bits per heavy atom. The highest BCUT2D eigenvalue weighted by Crippen LogP contribution is 2.29. The van der Waals surface area contributed by atoms with Crippen LogP contribution in [0.3, 0.4) is 0 Å². The molecule has 0 aliphatic carbocycles. The van der Waals surface area contributed by atoms with Crippen LogP contribution in [-0.2, 0) is 6.54 Å². The van der Waals surface area contributed by atoms with E-state index in [1.807, 2.05) is 6.92 Å². The van der Waals surface area contributed by atoms with Crippen molar-refractivity contribution in [3.63, 3.8) is 0 Å². The maximum atomic E-state index is 5.91. The number of rotatable bonds is 4. The minimum Gasteiger partial charge on any atom is -0.369 e. The molecule has 0 aliphatic heterocycles. The second-order valence-corrected chi connectivity index (χ2v) is 6.20. The Bertz CT molecular complexity index is 576. The summed E-state index contributed by atoms with van der Waals surface area (Å²) < 4.78 is 1.09. The summed E-state index contributed by atoms with van der Waals surface area (Å²) in [5, 5.41) is 0. The highest BCUT2D eigenvalue weighted by atomic mass is 79.9. The van der Waals surface area contributed by atoms with Crippen LogP contribution in [0.1, 0.15) is 29.7 Å². The molecule has 0 bridgehead atoms. The van der Waals surface area contributed by atoms with E-state index in [1.165, 1.54) is 16.8 Å². The van der Waals surface area contributed by atoms with E-state index in [-0.39, 0.29) is 6.04 Å². The number of aryl methyl sites for hydroxylation is 1. The molecule has 20 heavy (non-hydrogen) atoms. The van der Waals surface area contributed by atoms with Crippen molar-refractivity contribution in [2.45, 2.75) is 26.4 Å². The van der Waals surface area contributed by atoms with Crippen molar-refractivity contribution in [3.05, 3.63) is 63.6 Å². The molecule has 0 amide bonds. The number of halogens is 1. The second-order valence-electron chi connectivity index (χ2n) is 5.34. The standard InChI is InChI=1S/C17H21BrN2/c1-12-4-6-14(7-5-12)11-20(3)17-9-8-15(13(2)19)10-16(17)18/h4-10,13H,11,19H2,1-3H3. The van der Waals surface area contributed by atoms with Gasteiger partial charge in [0.25, 0.3) is 0 Å². The molecular weight excluding hydrogens is 312 g/mol. The summed E-state index contributed by atoms with van der Waals surface area (Å²) in [6.45, 7) is 4.99. The molecule has 0 spiro atoms. The van der Waals surface area contributed by atoms with E-state index >= 15 is 0 Å². The first-order valence-corrected chi connectivity index (χ1v) is 7.58. The van der Waals surface area contributed by atoms with E-state index in [2.05, 4.69) is 77.3 Å². The minimum absolute atomic E-state index is 0.0581. The first-order valence-electron chi connectivity index (χ1n) is 6.79. The lowest BCUT2D eigenvalue weighted by atomic mass is 10.1. The molecule has 1 unspecified atom stereocenters. The van der Waals surface area contributed by atoms with Crippen LogP contribution in [0.5, 0.6) is 0 Å². The lowest BCUT2D eigenvalue weighted by molar-refractivity contribution is 0.816. The van der Waals surface area contributed by atoms with E-state index < -0.39 is 0 Å². The van der Waals surface area contributed by atoms with Gasteiger partial charge >= 0.3 is 0 Å². The Hall–Kier alpha value is -1.32. The van der Waals surface area contributed by atoms with Crippen molar-refractivity contribution in [1.82, 2.24) is 0 Å². The molecule has 2 aromatic carbocycles. The van der Waals surface area contributed by atoms with Crippen molar-refractivity contribution < 1.29 is 0 Å². The van der Waals surface area contributed by atoms with Gasteiger partial charge in [0, 0.05) is 24.1 Å².